The van der Waals surface area contributed by atoms with Gasteiger partial charge >= 0.3 is 5.97 Å². The molecule has 20 heavy (non-hydrogen) atoms. The predicted octanol–water partition coefficient (Wildman–Crippen LogP) is 1.04. The molecular weight excluding hydrogens is 282 g/mol. The van der Waals surface area contributed by atoms with Crippen LogP contribution in [-0.4, -0.2) is 45.9 Å². The zero-order valence-corrected chi connectivity index (χ0v) is 11.8. The topological polar surface area (TPSA) is 99.6 Å². The Morgan fingerprint density at radius 1 is 1.50 bits per heavy atom. The van der Waals surface area contributed by atoms with Gasteiger partial charge in [-0.1, -0.05) is 0 Å². The Morgan fingerprint density at radius 3 is 2.90 bits per heavy atom. The number of hydrogen-bond acceptors (Lipinski definition) is 5. The molecule has 0 radical (unpaired) electrons. The minimum Gasteiger partial charge on any atom is -0.481 e. The minimum atomic E-state index is -0.875. The summed E-state index contributed by atoms with van der Waals surface area (Å²) >= 11 is 1.17. The van der Waals surface area contributed by atoms with Gasteiger partial charge in [-0.25, -0.2) is 4.98 Å². The van der Waals surface area contributed by atoms with E-state index < -0.39 is 11.9 Å². The monoisotopic (exact) mass is 297 g/mol. The minimum absolute atomic E-state index is 0.209. The van der Waals surface area contributed by atoms with Crippen LogP contribution in [0.5, 0.6) is 0 Å². The van der Waals surface area contributed by atoms with Gasteiger partial charge in [0.15, 0.2) is 5.13 Å². The smallest absolute Gasteiger partial charge is 0.308 e. The Labute approximate surface area is 119 Å². The first-order chi connectivity index (χ1) is 9.47. The third-order valence-electron chi connectivity index (χ3n) is 3.06. The second-order valence-corrected chi connectivity index (χ2v) is 5.51. The molecular formula is C12H15N3O4S. The van der Waals surface area contributed by atoms with Crippen LogP contribution in [0.25, 0.3) is 0 Å². The van der Waals surface area contributed by atoms with Gasteiger partial charge in [-0.05, 0) is 12.8 Å². The maximum absolute atomic E-state index is 12.2. The lowest BCUT2D eigenvalue weighted by Crippen LogP contribution is -2.42. The maximum atomic E-state index is 12.2. The van der Waals surface area contributed by atoms with Crippen molar-refractivity contribution in [3.8, 4) is 0 Å². The van der Waals surface area contributed by atoms with E-state index in [0.29, 0.717) is 24.5 Å². The quantitative estimate of drug-likeness (QED) is 0.868. The third kappa shape index (κ3) is 3.32. The van der Waals surface area contributed by atoms with Gasteiger partial charge in [0.2, 0.25) is 5.91 Å². The Bertz CT molecular complexity index is 543. The summed E-state index contributed by atoms with van der Waals surface area (Å²) in [5, 5.41) is 13.5. The van der Waals surface area contributed by atoms with Gasteiger partial charge in [0.25, 0.3) is 5.91 Å². The third-order valence-corrected chi connectivity index (χ3v) is 3.82. The van der Waals surface area contributed by atoms with Crippen LogP contribution in [0.4, 0.5) is 5.13 Å². The molecule has 1 aliphatic heterocycles. The van der Waals surface area contributed by atoms with Gasteiger partial charge in [0, 0.05) is 25.4 Å². The lowest BCUT2D eigenvalue weighted by molar-refractivity contribution is -0.143. The molecule has 2 heterocycles. The van der Waals surface area contributed by atoms with Crippen LogP contribution >= 0.6 is 11.3 Å². The number of rotatable bonds is 3. The highest BCUT2D eigenvalue weighted by molar-refractivity contribution is 7.14. The van der Waals surface area contributed by atoms with Crippen LogP contribution in [-0.2, 0) is 9.59 Å². The molecule has 0 spiro atoms. The van der Waals surface area contributed by atoms with Crippen LogP contribution in [0.3, 0.4) is 0 Å². The number of thiazole rings is 1. The highest BCUT2D eigenvalue weighted by Crippen LogP contribution is 2.21. The van der Waals surface area contributed by atoms with Crippen molar-refractivity contribution in [1.82, 2.24) is 9.88 Å². The van der Waals surface area contributed by atoms with Gasteiger partial charge in [-0.15, -0.1) is 11.3 Å². The van der Waals surface area contributed by atoms with Crippen LogP contribution < -0.4 is 5.32 Å². The molecule has 0 saturated carbocycles. The highest BCUT2D eigenvalue weighted by atomic mass is 32.1. The van der Waals surface area contributed by atoms with Crippen LogP contribution in [0.2, 0.25) is 0 Å². The predicted molar refractivity (Wildman–Crippen MR) is 72.7 cm³/mol. The average Bonchev–Trinajstić information content (AvgIpc) is 2.85. The fourth-order valence-corrected chi connectivity index (χ4v) is 2.84. The van der Waals surface area contributed by atoms with Crippen molar-refractivity contribution >= 4 is 34.3 Å². The maximum Gasteiger partial charge on any atom is 0.308 e. The number of nitrogens with one attached hydrogen (secondary N) is 1. The summed E-state index contributed by atoms with van der Waals surface area (Å²) in [6.45, 7) is 2.11. The van der Waals surface area contributed by atoms with Gasteiger partial charge in [-0.3, -0.25) is 14.4 Å². The molecule has 1 aromatic rings. The summed E-state index contributed by atoms with van der Waals surface area (Å²) in [7, 11) is 0. The summed E-state index contributed by atoms with van der Waals surface area (Å²) in [5.74, 6) is -1.92. The summed E-state index contributed by atoms with van der Waals surface area (Å²) in [5.41, 5.74) is 0.241. The van der Waals surface area contributed by atoms with E-state index in [2.05, 4.69) is 10.3 Å². The lowest BCUT2D eigenvalue weighted by Gasteiger charge is -2.30. The summed E-state index contributed by atoms with van der Waals surface area (Å²) in [6.07, 6.45) is 1.26. The van der Waals surface area contributed by atoms with Crippen molar-refractivity contribution in [3.63, 3.8) is 0 Å². The standard InChI is InChI=1S/C12H15N3O4S/c1-7(16)13-12-14-9(6-20-12)10(17)15-4-2-3-8(5-15)11(18)19/h6,8H,2-5H2,1H3,(H,18,19)(H,13,14,16)/t8-/m0/s1. The number of carboxylic acid groups (broad SMARTS) is 1. The van der Waals surface area contributed by atoms with Gasteiger partial charge in [0.05, 0.1) is 5.92 Å². The molecule has 7 nitrogen and oxygen atoms in total. The lowest BCUT2D eigenvalue weighted by atomic mass is 9.98. The summed E-state index contributed by atoms with van der Waals surface area (Å²) in [4.78, 5) is 39.7. The zero-order valence-electron chi connectivity index (χ0n) is 11.0. The van der Waals surface area contributed by atoms with Crippen molar-refractivity contribution in [2.75, 3.05) is 18.4 Å². The number of nitrogens with zero attached hydrogens (tertiary/aromatic N) is 2. The molecule has 0 unspecified atom stereocenters. The second-order valence-electron chi connectivity index (χ2n) is 4.65. The van der Waals surface area contributed by atoms with Gasteiger partial charge < -0.3 is 15.3 Å². The molecule has 1 aliphatic rings. The van der Waals surface area contributed by atoms with Crippen LogP contribution in [0.1, 0.15) is 30.3 Å². The van der Waals surface area contributed by atoms with E-state index in [1.54, 1.807) is 5.38 Å². The number of amides is 2. The molecule has 1 aromatic heterocycles. The Morgan fingerprint density at radius 2 is 2.25 bits per heavy atom. The molecule has 0 aliphatic carbocycles. The van der Waals surface area contributed by atoms with Gasteiger partial charge in [-0.2, -0.15) is 0 Å². The molecule has 1 atom stereocenters. The highest BCUT2D eigenvalue weighted by Gasteiger charge is 2.29. The molecule has 0 bridgehead atoms. The fourth-order valence-electron chi connectivity index (χ4n) is 2.11. The van der Waals surface area contributed by atoms with E-state index >= 15 is 0 Å². The summed E-state index contributed by atoms with van der Waals surface area (Å²) in [6, 6.07) is 0. The number of aromatic nitrogens is 1. The SMILES string of the molecule is CC(=O)Nc1nc(C(=O)N2CCC[C@H](C(=O)O)C2)cs1. The normalized spacial score (nSPS) is 18.6. The van der Waals surface area contributed by atoms with Crippen molar-refractivity contribution in [2.45, 2.75) is 19.8 Å². The molecule has 2 N–H and O–H groups in total. The van der Waals surface area contributed by atoms with Crippen molar-refractivity contribution in [3.05, 3.63) is 11.1 Å². The van der Waals surface area contributed by atoms with E-state index in [0.717, 1.165) is 0 Å². The number of aliphatic carboxylic acids is 1. The van der Waals surface area contributed by atoms with E-state index in [9.17, 15) is 14.4 Å². The van der Waals surface area contributed by atoms with Crippen molar-refractivity contribution < 1.29 is 19.5 Å². The summed E-state index contributed by atoms with van der Waals surface area (Å²) < 4.78 is 0. The molecule has 1 saturated heterocycles. The number of carbonyl (C=O) groups is 3. The van der Waals surface area contributed by atoms with Crippen molar-refractivity contribution in [1.29, 1.82) is 0 Å². The van der Waals surface area contributed by atoms with Crippen LogP contribution in [0.15, 0.2) is 5.38 Å². The Hall–Kier alpha value is -1.96. The molecule has 2 rings (SSSR count). The zero-order chi connectivity index (χ0) is 14.7. The average molecular weight is 297 g/mol. The number of hydrogen-bond donors (Lipinski definition) is 2. The first-order valence-electron chi connectivity index (χ1n) is 6.22. The number of carboxylic acids is 1. The molecule has 108 valence electrons. The molecule has 0 aromatic carbocycles. The first-order valence-corrected chi connectivity index (χ1v) is 7.10. The molecule has 1 fully saturated rings. The number of anilines is 1. The Kier molecular flexibility index (Phi) is 4.33. The first kappa shape index (κ1) is 14.4. The number of carbonyl (C=O) groups excluding carboxylic acids is 2. The number of piperidine rings is 1. The molecule has 8 heteroatoms. The largest absolute Gasteiger partial charge is 0.481 e. The van der Waals surface area contributed by atoms with Crippen molar-refractivity contribution in [2.24, 2.45) is 5.92 Å². The Balaban J connectivity index is 2.05. The van der Waals surface area contributed by atoms with E-state index in [-0.39, 0.29) is 24.1 Å². The molecule has 2 amide bonds. The number of likely N-dealkylation sites (tertiary alicyclic amines) is 1. The fraction of sp³-hybridized carbons (Fsp3) is 0.500. The second kappa shape index (κ2) is 6.00. The van der Waals surface area contributed by atoms with E-state index in [1.807, 2.05) is 0 Å². The van der Waals surface area contributed by atoms with Crippen LogP contribution in [0, 0.1) is 5.92 Å². The van der Waals surface area contributed by atoms with E-state index in [1.165, 1.54) is 23.2 Å². The van der Waals surface area contributed by atoms with Gasteiger partial charge in [0.1, 0.15) is 5.69 Å². The van der Waals surface area contributed by atoms with E-state index in [4.69, 9.17) is 5.11 Å².